The molecule has 0 saturated carbocycles. The van der Waals surface area contributed by atoms with Crippen LogP contribution in [0.15, 0.2) is 267 Å². The Morgan fingerprint density at radius 1 is 0.415 bits per heavy atom. The molecule has 0 saturated heterocycles. The van der Waals surface area contributed by atoms with Crippen LogP contribution in [0, 0.1) is 0 Å². The summed E-state index contributed by atoms with van der Waals surface area (Å²) in [6, 6.07) is 94.4. The lowest BCUT2D eigenvalue weighted by atomic mass is 9.70. The van der Waals surface area contributed by atoms with Gasteiger partial charge >= 0.3 is 0 Å². The van der Waals surface area contributed by atoms with Crippen molar-refractivity contribution in [2.75, 3.05) is 0 Å². The maximum atomic E-state index is 6.98. The fraction of sp³-hybridized carbons (Fsp3) is 0.0769. The summed E-state index contributed by atoms with van der Waals surface area (Å²) >= 11 is 0. The van der Waals surface area contributed by atoms with Gasteiger partial charge in [-0.1, -0.05) is 215 Å². The molecule has 3 heterocycles. The van der Waals surface area contributed by atoms with Gasteiger partial charge in [-0.3, -0.25) is 4.98 Å². The molecule has 1 atom stereocenters. The molecule has 1 aliphatic heterocycles. The van der Waals surface area contributed by atoms with Crippen LogP contribution in [-0.4, -0.2) is 9.55 Å². The molecule has 0 radical (unpaired) electrons. The second-order valence-electron chi connectivity index (χ2n) is 23.6. The van der Waals surface area contributed by atoms with E-state index in [0.717, 1.165) is 61.9 Å². The van der Waals surface area contributed by atoms with E-state index in [2.05, 4.69) is 291 Å². The minimum atomic E-state index is -0.425. The lowest BCUT2D eigenvalue weighted by molar-refractivity contribution is -0.566. The number of nitrogens with zero attached hydrogens (tertiary/aromatic N) is 3. The monoisotopic (exact) mass is 1050 g/mol. The molecule has 4 aliphatic rings. The Balaban J connectivity index is 0.842. The highest BCUT2D eigenvalue weighted by molar-refractivity contribution is 6.03. The molecule has 0 fully saturated rings. The highest BCUT2D eigenvalue weighted by Gasteiger charge is 2.51. The first-order valence-electron chi connectivity index (χ1n) is 28.6. The van der Waals surface area contributed by atoms with Crippen molar-refractivity contribution < 1.29 is 9.30 Å². The number of aromatic nitrogens is 3. The summed E-state index contributed by atoms with van der Waals surface area (Å²) < 4.78 is 11.8. The zero-order valence-electron chi connectivity index (χ0n) is 45.7. The molecule has 0 N–H and O–H groups in total. The lowest BCUT2D eigenvalue weighted by Crippen LogP contribution is -2.31. The van der Waals surface area contributed by atoms with Gasteiger partial charge in [0.1, 0.15) is 22.9 Å². The zero-order chi connectivity index (χ0) is 54.4. The van der Waals surface area contributed by atoms with Gasteiger partial charge in [-0.2, -0.15) is 9.13 Å². The van der Waals surface area contributed by atoms with E-state index in [1.54, 1.807) is 0 Å². The molecule has 386 valence electrons. The second kappa shape index (κ2) is 17.4. The van der Waals surface area contributed by atoms with Crippen LogP contribution in [0.5, 0.6) is 11.5 Å². The number of hydrogen-bond acceptors (Lipinski definition) is 2. The standard InChI is InChI=1S/C78H54N3O/c1-77(2,3)49-41-42-79-72(44-49)74-63-29-9-8-23-56(63)59-39-38-52(46-67(59)74)82-51-20-16-19-50(45-51)80-47-81-75-53(30-17-31-64(75)57-24-6-4-21-54(57)55-22-5-7-25-58(55)65-32-18-36-73(80)76(65)81)48-37-40-71-66(43-48)62-28-12-15-35-70(62)78(71)68-33-13-10-26-60(68)61-27-11-14-34-69(61)78/h4-47,74H,1-3H3/q+1. The average molecular weight is 1050 g/mol. The first-order chi connectivity index (χ1) is 40.3. The van der Waals surface area contributed by atoms with Gasteiger partial charge in [0, 0.05) is 29.0 Å². The van der Waals surface area contributed by atoms with Gasteiger partial charge in [0.25, 0.3) is 6.33 Å². The van der Waals surface area contributed by atoms with E-state index < -0.39 is 5.41 Å². The topological polar surface area (TPSA) is 30.9 Å². The molecule has 3 aliphatic carbocycles. The van der Waals surface area contributed by atoms with Gasteiger partial charge in [-0.15, -0.1) is 0 Å². The molecular formula is C78H54N3O+. The van der Waals surface area contributed by atoms with Gasteiger partial charge in [-0.05, 0) is 160 Å². The average Bonchev–Trinajstić information content (AvgIpc) is 1.84. The SMILES string of the molecule is CC(C)(C)c1ccnc(C2c3ccccc3-c3ccc(Oc4cccc(-n5c[n+]6c7c(cccc75)-c5ccccc5-c5ccccc5-c5cccc(-c7ccc8c(c7)-c7ccccc7C87c8ccccc8-c8ccccc87)c5-6)c4)cc32)c1. The number of para-hydroxylation sites is 2. The number of pyridine rings is 1. The number of ether oxygens (including phenoxy) is 1. The highest BCUT2D eigenvalue weighted by atomic mass is 16.5. The molecular weight excluding hydrogens is 995 g/mol. The van der Waals surface area contributed by atoms with Crippen molar-refractivity contribution in [1.29, 1.82) is 0 Å². The first-order valence-corrected chi connectivity index (χ1v) is 28.6. The summed E-state index contributed by atoms with van der Waals surface area (Å²) in [5, 5.41) is 0. The van der Waals surface area contributed by atoms with Crippen molar-refractivity contribution in [3.63, 3.8) is 0 Å². The Morgan fingerprint density at radius 3 is 1.66 bits per heavy atom. The summed E-state index contributed by atoms with van der Waals surface area (Å²) in [4.78, 5) is 5.02. The van der Waals surface area contributed by atoms with Gasteiger partial charge < -0.3 is 4.74 Å². The fourth-order valence-corrected chi connectivity index (χ4v) is 14.7. The third-order valence-electron chi connectivity index (χ3n) is 18.2. The van der Waals surface area contributed by atoms with Crippen molar-refractivity contribution in [2.45, 2.75) is 37.5 Å². The molecule has 82 heavy (non-hydrogen) atoms. The predicted octanol–water partition coefficient (Wildman–Crippen LogP) is 18.9. The highest BCUT2D eigenvalue weighted by Crippen LogP contribution is 2.63. The molecule has 2 aromatic heterocycles. The molecule has 1 spiro atoms. The number of fused-ring (bicyclic) bond motifs is 20. The third kappa shape index (κ3) is 6.61. The minimum absolute atomic E-state index is 0.00518. The lowest BCUT2D eigenvalue weighted by Gasteiger charge is -2.30. The van der Waals surface area contributed by atoms with Crippen molar-refractivity contribution >= 4 is 11.0 Å². The van der Waals surface area contributed by atoms with Crippen LogP contribution in [-0.2, 0) is 10.8 Å². The van der Waals surface area contributed by atoms with E-state index >= 15 is 0 Å². The summed E-state index contributed by atoms with van der Waals surface area (Å²) in [5.41, 5.74) is 31.1. The Bertz CT molecular complexity index is 4810. The fourth-order valence-electron chi connectivity index (χ4n) is 14.7. The van der Waals surface area contributed by atoms with Crippen molar-refractivity contribution in [3.05, 3.63) is 312 Å². The maximum Gasteiger partial charge on any atom is 0.255 e. The van der Waals surface area contributed by atoms with Gasteiger partial charge in [0.15, 0.2) is 11.0 Å². The van der Waals surface area contributed by atoms with Crippen LogP contribution in [0.4, 0.5) is 0 Å². The Kier molecular flexibility index (Phi) is 9.93. The molecule has 13 aromatic rings. The molecule has 4 heteroatoms. The summed E-state index contributed by atoms with van der Waals surface area (Å²) in [7, 11) is 0. The number of rotatable bonds is 5. The number of imidazole rings is 1. The quantitative estimate of drug-likeness (QED) is 0.161. The second-order valence-corrected chi connectivity index (χ2v) is 23.6. The predicted molar refractivity (Wildman–Crippen MR) is 332 cm³/mol. The minimum Gasteiger partial charge on any atom is -0.457 e. The summed E-state index contributed by atoms with van der Waals surface area (Å²) in [6.45, 7) is 6.79. The largest absolute Gasteiger partial charge is 0.457 e. The Morgan fingerprint density at radius 2 is 0.951 bits per heavy atom. The van der Waals surface area contributed by atoms with E-state index in [0.29, 0.717) is 0 Å². The van der Waals surface area contributed by atoms with Crippen LogP contribution in [0.2, 0.25) is 0 Å². The van der Waals surface area contributed by atoms with Crippen LogP contribution in [0.3, 0.4) is 0 Å². The molecule has 0 amide bonds. The van der Waals surface area contributed by atoms with E-state index in [4.69, 9.17) is 9.72 Å². The van der Waals surface area contributed by atoms with E-state index in [9.17, 15) is 0 Å². The molecule has 1 unspecified atom stereocenters. The van der Waals surface area contributed by atoms with Crippen molar-refractivity contribution in [1.82, 2.24) is 9.55 Å². The van der Waals surface area contributed by atoms with Crippen LogP contribution < -0.4 is 9.30 Å². The molecule has 17 rings (SSSR count). The van der Waals surface area contributed by atoms with E-state index in [-0.39, 0.29) is 11.3 Å². The molecule has 0 bridgehead atoms. The third-order valence-corrected chi connectivity index (χ3v) is 18.2. The van der Waals surface area contributed by atoms with E-state index in [1.165, 1.54) is 94.6 Å². The van der Waals surface area contributed by atoms with Crippen LogP contribution in [0.1, 0.15) is 71.3 Å². The van der Waals surface area contributed by atoms with Crippen molar-refractivity contribution in [3.8, 4) is 101 Å². The maximum absolute atomic E-state index is 6.98. The smallest absolute Gasteiger partial charge is 0.255 e. The zero-order valence-corrected chi connectivity index (χ0v) is 45.7. The van der Waals surface area contributed by atoms with Crippen molar-refractivity contribution in [2.24, 2.45) is 0 Å². The molecule has 11 aromatic carbocycles. The molecule has 4 nitrogen and oxygen atoms in total. The normalized spacial score (nSPS) is 14.3. The summed E-state index contributed by atoms with van der Waals surface area (Å²) in [6.07, 6.45) is 4.28. The van der Waals surface area contributed by atoms with Gasteiger partial charge in [-0.25, -0.2) is 0 Å². The Labute approximate surface area is 477 Å². The summed E-state index contributed by atoms with van der Waals surface area (Å²) in [5.74, 6) is 1.53. The van der Waals surface area contributed by atoms with Gasteiger partial charge in [0.05, 0.1) is 17.0 Å². The van der Waals surface area contributed by atoms with E-state index in [1.807, 2.05) is 6.20 Å². The first kappa shape index (κ1) is 46.7. The van der Waals surface area contributed by atoms with Crippen LogP contribution in [0.25, 0.3) is 100 Å². The van der Waals surface area contributed by atoms with Gasteiger partial charge in [0.2, 0.25) is 0 Å². The number of hydrogen-bond donors (Lipinski definition) is 0. The number of benzene rings is 11. The van der Waals surface area contributed by atoms with Crippen LogP contribution >= 0.6 is 0 Å². The Hall–Kier alpha value is -10.2.